The number of alkyl halides is 1. The summed E-state index contributed by atoms with van der Waals surface area (Å²) >= 11 is 13.0. The van der Waals surface area contributed by atoms with Gasteiger partial charge in [0, 0.05) is 14.9 Å². The molecule has 4 heteroatoms. The minimum absolute atomic E-state index is 0.0567. The van der Waals surface area contributed by atoms with Gasteiger partial charge in [-0.2, -0.15) is 0 Å². The Labute approximate surface area is 136 Å². The average Bonchev–Trinajstić information content (AvgIpc) is 2.62. The van der Waals surface area contributed by atoms with Crippen molar-refractivity contribution >= 4 is 43.5 Å². The van der Waals surface area contributed by atoms with Crippen LogP contribution in [-0.2, 0) is 0 Å². The van der Waals surface area contributed by atoms with Crippen molar-refractivity contribution in [3.8, 4) is 0 Å². The highest BCUT2D eigenvalue weighted by atomic mass is 79.9. The van der Waals surface area contributed by atoms with Gasteiger partial charge >= 0.3 is 0 Å². The third-order valence-electron chi connectivity index (χ3n) is 3.89. The van der Waals surface area contributed by atoms with Crippen molar-refractivity contribution in [3.05, 3.63) is 33.0 Å². The summed E-state index contributed by atoms with van der Waals surface area (Å²) in [4.78, 5) is 0.0567. The van der Waals surface area contributed by atoms with Crippen LogP contribution >= 0.6 is 43.5 Å². The Hall–Kier alpha value is 0.400. The number of halogens is 4. The van der Waals surface area contributed by atoms with Gasteiger partial charge in [0.05, 0.1) is 5.02 Å². The average molecular weight is 413 g/mol. The van der Waals surface area contributed by atoms with Crippen LogP contribution in [0.4, 0.5) is 4.39 Å². The van der Waals surface area contributed by atoms with Crippen molar-refractivity contribution < 1.29 is 4.39 Å². The first-order chi connectivity index (χ1) is 9.08. The zero-order valence-corrected chi connectivity index (χ0v) is 14.7. The Morgan fingerprint density at radius 3 is 2.47 bits per heavy atom. The van der Waals surface area contributed by atoms with E-state index < -0.39 is 0 Å². The standard InChI is InChI=1S/C15H18Br2ClF/c16-12(7-10-5-3-1-2-4-6-10)11-8-14(18)13(17)9-15(11)19/h8-10,12H,1-7H2. The predicted molar refractivity (Wildman–Crippen MR) is 86.6 cm³/mol. The second-order valence-electron chi connectivity index (χ2n) is 5.35. The monoisotopic (exact) mass is 410 g/mol. The Bertz CT molecular complexity index is 428. The second kappa shape index (κ2) is 7.42. The lowest BCUT2D eigenvalue weighted by atomic mass is 9.92. The zero-order valence-electron chi connectivity index (χ0n) is 10.8. The maximum Gasteiger partial charge on any atom is 0.128 e. The Kier molecular flexibility index (Phi) is 6.16. The Morgan fingerprint density at radius 1 is 1.21 bits per heavy atom. The van der Waals surface area contributed by atoms with Crippen molar-refractivity contribution in [3.63, 3.8) is 0 Å². The maximum atomic E-state index is 14.0. The fourth-order valence-electron chi connectivity index (χ4n) is 2.80. The van der Waals surface area contributed by atoms with Crippen molar-refractivity contribution in [2.45, 2.75) is 49.8 Å². The second-order valence-corrected chi connectivity index (χ2v) is 7.72. The predicted octanol–water partition coefficient (Wildman–Crippen LogP) is 7.04. The highest BCUT2D eigenvalue weighted by Crippen LogP contribution is 2.38. The molecule has 1 aliphatic rings. The summed E-state index contributed by atoms with van der Waals surface area (Å²) in [6.45, 7) is 0. The van der Waals surface area contributed by atoms with Gasteiger partial charge in [-0.25, -0.2) is 4.39 Å². The van der Waals surface area contributed by atoms with E-state index in [9.17, 15) is 4.39 Å². The van der Waals surface area contributed by atoms with Crippen LogP contribution in [0.2, 0.25) is 5.02 Å². The SMILES string of the molecule is Fc1cc(Br)c(Cl)cc1C(Br)CC1CCCCCC1. The van der Waals surface area contributed by atoms with Gasteiger partial charge in [-0.15, -0.1) is 0 Å². The first-order valence-corrected chi connectivity index (χ1v) is 8.95. The van der Waals surface area contributed by atoms with Gasteiger partial charge in [-0.05, 0) is 40.4 Å². The Balaban J connectivity index is 2.06. The fourth-order valence-corrected chi connectivity index (χ4v) is 4.16. The smallest absolute Gasteiger partial charge is 0.128 e. The molecule has 1 unspecified atom stereocenters. The lowest BCUT2D eigenvalue weighted by Gasteiger charge is -2.19. The van der Waals surface area contributed by atoms with E-state index in [0.717, 1.165) is 6.42 Å². The molecule has 1 fully saturated rings. The first-order valence-electron chi connectivity index (χ1n) is 6.86. The molecule has 0 saturated heterocycles. The highest BCUT2D eigenvalue weighted by Gasteiger charge is 2.20. The van der Waals surface area contributed by atoms with E-state index in [4.69, 9.17) is 11.6 Å². The van der Waals surface area contributed by atoms with E-state index in [-0.39, 0.29) is 10.6 Å². The summed E-state index contributed by atoms with van der Waals surface area (Å²) < 4.78 is 14.6. The van der Waals surface area contributed by atoms with Gasteiger partial charge in [-0.3, -0.25) is 0 Å². The molecule has 0 aliphatic heterocycles. The van der Waals surface area contributed by atoms with Crippen molar-refractivity contribution in [2.75, 3.05) is 0 Å². The van der Waals surface area contributed by atoms with Gasteiger partial charge in [0.1, 0.15) is 5.82 Å². The van der Waals surface area contributed by atoms with Crippen LogP contribution in [0.25, 0.3) is 0 Å². The highest BCUT2D eigenvalue weighted by molar-refractivity contribution is 9.10. The summed E-state index contributed by atoms with van der Waals surface area (Å²) in [5.41, 5.74) is 0.678. The topological polar surface area (TPSA) is 0 Å². The van der Waals surface area contributed by atoms with Crippen LogP contribution in [0, 0.1) is 11.7 Å². The molecule has 0 nitrogen and oxygen atoms in total. The third-order valence-corrected chi connectivity index (χ3v) is 5.96. The molecule has 1 aromatic rings. The lowest BCUT2D eigenvalue weighted by Crippen LogP contribution is -2.04. The largest absolute Gasteiger partial charge is 0.207 e. The van der Waals surface area contributed by atoms with E-state index in [1.165, 1.54) is 44.6 Å². The number of rotatable bonds is 3. The summed E-state index contributed by atoms with van der Waals surface area (Å²) in [6.07, 6.45) is 8.86. The quantitative estimate of drug-likeness (QED) is 0.284. The molecule has 0 heterocycles. The molecule has 0 N–H and O–H groups in total. The molecular formula is C15H18Br2ClF. The van der Waals surface area contributed by atoms with E-state index in [0.29, 0.717) is 21.0 Å². The molecule has 1 aliphatic carbocycles. The van der Waals surface area contributed by atoms with Crippen LogP contribution in [0.5, 0.6) is 0 Å². The van der Waals surface area contributed by atoms with Gasteiger partial charge in [0.2, 0.25) is 0 Å². The van der Waals surface area contributed by atoms with Crippen molar-refractivity contribution in [1.29, 1.82) is 0 Å². The Morgan fingerprint density at radius 2 is 1.84 bits per heavy atom. The molecule has 0 bridgehead atoms. The summed E-state index contributed by atoms with van der Waals surface area (Å²) in [6, 6.07) is 3.19. The molecule has 1 saturated carbocycles. The van der Waals surface area contributed by atoms with E-state index in [2.05, 4.69) is 31.9 Å². The molecule has 0 amide bonds. The molecule has 1 aromatic carbocycles. The van der Waals surface area contributed by atoms with Crippen molar-refractivity contribution in [1.82, 2.24) is 0 Å². The maximum absolute atomic E-state index is 14.0. The number of hydrogen-bond acceptors (Lipinski definition) is 0. The zero-order chi connectivity index (χ0) is 13.8. The normalized spacial score (nSPS) is 19.2. The lowest BCUT2D eigenvalue weighted by molar-refractivity contribution is 0.423. The van der Waals surface area contributed by atoms with Crippen LogP contribution in [0.3, 0.4) is 0 Å². The van der Waals surface area contributed by atoms with Crippen LogP contribution < -0.4 is 0 Å². The molecule has 0 aromatic heterocycles. The number of benzene rings is 1. The van der Waals surface area contributed by atoms with Gasteiger partial charge in [0.15, 0.2) is 0 Å². The molecular weight excluding hydrogens is 394 g/mol. The fraction of sp³-hybridized carbons (Fsp3) is 0.600. The minimum atomic E-state index is -0.188. The van der Waals surface area contributed by atoms with E-state index in [1.54, 1.807) is 6.07 Å². The summed E-state index contributed by atoms with van der Waals surface area (Å²) in [5.74, 6) is 0.514. The molecule has 0 spiro atoms. The molecule has 106 valence electrons. The van der Waals surface area contributed by atoms with Crippen LogP contribution in [0.15, 0.2) is 16.6 Å². The van der Waals surface area contributed by atoms with Crippen LogP contribution in [-0.4, -0.2) is 0 Å². The molecule has 0 radical (unpaired) electrons. The molecule has 2 rings (SSSR count). The summed E-state index contributed by atoms with van der Waals surface area (Å²) in [5, 5.41) is 0.571. The van der Waals surface area contributed by atoms with Gasteiger partial charge < -0.3 is 0 Å². The molecule has 19 heavy (non-hydrogen) atoms. The number of hydrogen-bond donors (Lipinski definition) is 0. The van der Waals surface area contributed by atoms with Crippen LogP contribution in [0.1, 0.15) is 55.3 Å². The molecule has 1 atom stereocenters. The van der Waals surface area contributed by atoms with E-state index in [1.807, 2.05) is 0 Å². The van der Waals surface area contributed by atoms with E-state index >= 15 is 0 Å². The van der Waals surface area contributed by atoms with Gasteiger partial charge in [-0.1, -0.05) is 66.1 Å². The van der Waals surface area contributed by atoms with Crippen molar-refractivity contribution in [2.24, 2.45) is 5.92 Å². The van der Waals surface area contributed by atoms with Gasteiger partial charge in [0.25, 0.3) is 0 Å². The third kappa shape index (κ3) is 4.44. The minimum Gasteiger partial charge on any atom is -0.207 e. The first kappa shape index (κ1) is 15.8. The summed E-state index contributed by atoms with van der Waals surface area (Å²) in [7, 11) is 0.